The van der Waals surface area contributed by atoms with Crippen molar-refractivity contribution in [2.24, 2.45) is 9.56 Å². The van der Waals surface area contributed by atoms with E-state index >= 15 is 0 Å². The fraction of sp³-hybridized carbons (Fsp3) is 1.00. The fourth-order valence-corrected chi connectivity index (χ4v) is 6.53. The SMILES string of the molecule is C[Si](C)(CC[Si](C)(C)N=[N+]=[N-])N=[N+]=[N-]. The van der Waals surface area contributed by atoms with Crippen LogP contribution < -0.4 is 0 Å². The Bertz CT molecular complexity index is 257. The highest BCUT2D eigenvalue weighted by molar-refractivity contribution is 6.80. The maximum absolute atomic E-state index is 8.36. The molecule has 0 aromatic rings. The Morgan fingerprint density at radius 2 is 1.14 bits per heavy atom. The van der Waals surface area contributed by atoms with Crippen molar-refractivity contribution in [1.29, 1.82) is 0 Å². The van der Waals surface area contributed by atoms with Crippen molar-refractivity contribution < 1.29 is 0 Å². The Hall–Kier alpha value is -0.946. The third-order valence-electron chi connectivity index (χ3n) is 1.98. The summed E-state index contributed by atoms with van der Waals surface area (Å²) in [7, 11) is -3.56. The smallest absolute Gasteiger partial charge is 0.124 e. The lowest BCUT2D eigenvalue weighted by atomic mass is 10.9. The molecule has 0 bridgehead atoms. The summed E-state index contributed by atoms with van der Waals surface area (Å²) < 4.78 is 7.65. The molecule has 0 N–H and O–H groups in total. The summed E-state index contributed by atoms with van der Waals surface area (Å²) in [5.41, 5.74) is 16.7. The Labute approximate surface area is 85.8 Å². The molecule has 0 saturated carbocycles. The molecule has 0 heterocycles. The lowest BCUT2D eigenvalue weighted by Gasteiger charge is -2.20. The van der Waals surface area contributed by atoms with E-state index in [-0.39, 0.29) is 0 Å². The summed E-state index contributed by atoms with van der Waals surface area (Å²) in [6.07, 6.45) is 0. The lowest BCUT2D eigenvalue weighted by Crippen LogP contribution is -2.29. The van der Waals surface area contributed by atoms with Gasteiger partial charge in [0.1, 0.15) is 16.5 Å². The van der Waals surface area contributed by atoms with Crippen molar-refractivity contribution in [3.8, 4) is 0 Å². The molecule has 0 aliphatic rings. The quantitative estimate of drug-likeness (QED) is 0.294. The van der Waals surface area contributed by atoms with Crippen molar-refractivity contribution in [2.45, 2.75) is 38.3 Å². The van der Waals surface area contributed by atoms with Crippen LogP contribution in [0.15, 0.2) is 9.56 Å². The van der Waals surface area contributed by atoms with Gasteiger partial charge >= 0.3 is 0 Å². The van der Waals surface area contributed by atoms with Crippen molar-refractivity contribution >= 4 is 16.5 Å². The minimum atomic E-state index is -1.78. The molecule has 6 nitrogen and oxygen atoms in total. The first kappa shape index (κ1) is 13.1. The highest BCUT2D eigenvalue weighted by Crippen LogP contribution is 2.22. The van der Waals surface area contributed by atoms with Crippen molar-refractivity contribution in [1.82, 2.24) is 0 Å². The van der Waals surface area contributed by atoms with Crippen LogP contribution in [0.5, 0.6) is 0 Å². The highest BCUT2D eigenvalue weighted by atomic mass is 28.3. The van der Waals surface area contributed by atoms with Crippen molar-refractivity contribution in [2.75, 3.05) is 0 Å². The lowest BCUT2D eigenvalue weighted by molar-refractivity contribution is 1.22. The van der Waals surface area contributed by atoms with E-state index in [4.69, 9.17) is 11.1 Å². The number of hydrogen-bond acceptors (Lipinski definition) is 2. The molecule has 14 heavy (non-hydrogen) atoms. The third kappa shape index (κ3) is 5.66. The van der Waals surface area contributed by atoms with E-state index in [1.165, 1.54) is 0 Å². The van der Waals surface area contributed by atoms with E-state index in [1.807, 2.05) is 26.2 Å². The second-order valence-electron chi connectivity index (χ2n) is 4.50. The van der Waals surface area contributed by atoms with Gasteiger partial charge in [0.15, 0.2) is 0 Å². The molecule has 0 fully saturated rings. The summed E-state index contributed by atoms with van der Waals surface area (Å²) >= 11 is 0. The van der Waals surface area contributed by atoms with Gasteiger partial charge in [-0.05, 0) is 20.9 Å². The minimum absolute atomic E-state index is 0.898. The third-order valence-corrected chi connectivity index (χ3v) is 6.69. The molecule has 0 saturated heterocycles. The molecule has 0 amide bonds. The average Bonchev–Trinajstić information content (AvgIpc) is 2.01. The first-order chi connectivity index (χ1) is 6.33. The second-order valence-corrected chi connectivity index (χ2v) is 13.2. The zero-order valence-electron chi connectivity index (χ0n) is 9.10. The van der Waals surface area contributed by atoms with Gasteiger partial charge in [0.2, 0.25) is 0 Å². The molecule has 0 aromatic heterocycles. The molecule has 0 aliphatic heterocycles. The molecule has 0 spiro atoms. The monoisotopic (exact) mass is 228 g/mol. The van der Waals surface area contributed by atoms with Gasteiger partial charge in [-0.3, -0.25) is 0 Å². The van der Waals surface area contributed by atoms with Gasteiger partial charge in [0, 0.05) is 0 Å². The Kier molecular flexibility index (Phi) is 4.72. The summed E-state index contributed by atoms with van der Waals surface area (Å²) in [4.78, 5) is 5.71. The van der Waals surface area contributed by atoms with Crippen molar-refractivity contribution in [3.05, 3.63) is 20.9 Å². The van der Waals surface area contributed by atoms with Crippen LogP contribution in [0.25, 0.3) is 20.9 Å². The Balaban J connectivity index is 4.30. The molecule has 0 aromatic carbocycles. The number of nitrogens with zero attached hydrogens (tertiary/aromatic N) is 6. The van der Waals surface area contributed by atoms with Crippen LogP contribution in [-0.4, -0.2) is 16.5 Å². The van der Waals surface area contributed by atoms with Crippen LogP contribution >= 0.6 is 0 Å². The molecular weight excluding hydrogens is 212 g/mol. The first-order valence-electron chi connectivity index (χ1n) is 4.45. The van der Waals surface area contributed by atoms with Crippen molar-refractivity contribution in [3.63, 3.8) is 0 Å². The summed E-state index contributed by atoms with van der Waals surface area (Å²) in [5.74, 6) is 0. The maximum atomic E-state index is 8.36. The molecular formula is C6H16N6Si2. The normalized spacial score (nSPS) is 11.4. The van der Waals surface area contributed by atoms with Gasteiger partial charge < -0.3 is 0 Å². The van der Waals surface area contributed by atoms with Gasteiger partial charge in [-0.25, -0.2) is 0 Å². The summed E-state index contributed by atoms with van der Waals surface area (Å²) in [6, 6.07) is 1.80. The number of rotatable bonds is 5. The van der Waals surface area contributed by atoms with Crippen LogP contribution in [0.1, 0.15) is 0 Å². The number of azide groups is 2. The van der Waals surface area contributed by atoms with Gasteiger partial charge in [0.05, 0.1) is 0 Å². The van der Waals surface area contributed by atoms with Crippen LogP contribution in [0, 0.1) is 0 Å². The predicted molar refractivity (Wildman–Crippen MR) is 62.9 cm³/mol. The van der Waals surface area contributed by atoms with Gasteiger partial charge in [0.25, 0.3) is 0 Å². The van der Waals surface area contributed by atoms with E-state index in [2.05, 4.69) is 19.4 Å². The van der Waals surface area contributed by atoms with Crippen LogP contribution in [0.2, 0.25) is 38.3 Å². The van der Waals surface area contributed by atoms with E-state index in [0.29, 0.717) is 0 Å². The van der Waals surface area contributed by atoms with Gasteiger partial charge in [-0.15, -0.1) is 9.56 Å². The largest absolute Gasteiger partial charge is 0.149 e. The Morgan fingerprint density at radius 3 is 1.36 bits per heavy atom. The van der Waals surface area contributed by atoms with Crippen LogP contribution in [-0.2, 0) is 0 Å². The molecule has 0 radical (unpaired) electrons. The zero-order chi connectivity index (χ0) is 11.2. The van der Waals surface area contributed by atoms with E-state index in [9.17, 15) is 0 Å². The fourth-order valence-electron chi connectivity index (χ4n) is 0.954. The standard InChI is InChI=1S/C6H16N6Si2/c1-13(2,11-9-7)5-6-14(3,4)12-10-8/h5-6H2,1-4H3. The number of hydrogen-bond donors (Lipinski definition) is 0. The van der Waals surface area contributed by atoms with E-state index < -0.39 is 16.5 Å². The maximum Gasteiger partial charge on any atom is 0.149 e. The molecule has 8 heteroatoms. The average molecular weight is 228 g/mol. The molecule has 0 aliphatic carbocycles. The zero-order valence-corrected chi connectivity index (χ0v) is 11.1. The molecule has 0 unspecified atom stereocenters. The topological polar surface area (TPSA) is 97.5 Å². The van der Waals surface area contributed by atoms with E-state index in [1.54, 1.807) is 0 Å². The minimum Gasteiger partial charge on any atom is -0.124 e. The predicted octanol–water partition coefficient (Wildman–Crippen LogP) is 4.02. The summed E-state index contributed by atoms with van der Waals surface area (Å²) in [6.45, 7) is 8.08. The highest BCUT2D eigenvalue weighted by Gasteiger charge is 2.26. The van der Waals surface area contributed by atoms with Crippen LogP contribution in [0.3, 0.4) is 0 Å². The van der Waals surface area contributed by atoms with E-state index in [0.717, 1.165) is 12.1 Å². The summed E-state index contributed by atoms with van der Waals surface area (Å²) in [5, 5.41) is 0. The molecule has 78 valence electrons. The Morgan fingerprint density at radius 1 is 0.857 bits per heavy atom. The second kappa shape index (κ2) is 5.06. The van der Waals surface area contributed by atoms with Gasteiger partial charge in [-0.1, -0.05) is 38.3 Å². The first-order valence-corrected chi connectivity index (χ1v) is 10.8. The van der Waals surface area contributed by atoms with Gasteiger partial charge in [-0.2, -0.15) is 0 Å². The van der Waals surface area contributed by atoms with Crippen LogP contribution in [0.4, 0.5) is 0 Å². The molecule has 0 atom stereocenters. The molecule has 0 rings (SSSR count).